The van der Waals surface area contributed by atoms with E-state index in [0.29, 0.717) is 6.42 Å². The molecule has 104 valence electrons. The van der Waals surface area contributed by atoms with E-state index in [4.69, 9.17) is 4.74 Å². The second-order valence-corrected chi connectivity index (χ2v) is 5.00. The maximum absolute atomic E-state index is 11.6. The number of aromatic hydroxyl groups is 1. The summed E-state index contributed by atoms with van der Waals surface area (Å²) in [6.07, 6.45) is 3.39. The molecule has 5 heteroatoms. The quantitative estimate of drug-likeness (QED) is 0.849. The van der Waals surface area contributed by atoms with Crippen molar-refractivity contribution in [3.63, 3.8) is 0 Å². The van der Waals surface area contributed by atoms with E-state index in [0.717, 1.165) is 30.0 Å². The molecule has 0 saturated carbocycles. The fourth-order valence-corrected chi connectivity index (χ4v) is 2.57. The first-order valence-corrected chi connectivity index (χ1v) is 6.60. The predicted octanol–water partition coefficient (Wildman–Crippen LogP) is 1.99. The van der Waals surface area contributed by atoms with Gasteiger partial charge in [0.15, 0.2) is 0 Å². The minimum absolute atomic E-state index is 0.0948. The number of ether oxygens (including phenoxy) is 1. The van der Waals surface area contributed by atoms with Gasteiger partial charge >= 0.3 is 5.97 Å². The van der Waals surface area contributed by atoms with Gasteiger partial charge < -0.3 is 14.4 Å². The van der Waals surface area contributed by atoms with E-state index < -0.39 is 0 Å². The molecule has 0 fully saturated rings. The number of phenols is 1. The molecule has 0 aliphatic carbocycles. The number of nitrogens with zero attached hydrogens (tertiary/aromatic N) is 2. The number of aromatic nitrogens is 2. The van der Waals surface area contributed by atoms with Crippen molar-refractivity contribution >= 4 is 5.97 Å². The van der Waals surface area contributed by atoms with Crippen LogP contribution in [0.1, 0.15) is 12.2 Å². The number of rotatable bonds is 2. The summed E-state index contributed by atoms with van der Waals surface area (Å²) in [4.78, 5) is 16.2. The topological polar surface area (TPSA) is 64.3 Å². The van der Waals surface area contributed by atoms with Gasteiger partial charge in [-0.25, -0.2) is 4.98 Å². The lowest BCUT2D eigenvalue weighted by molar-refractivity contribution is -0.146. The lowest BCUT2D eigenvalue weighted by atomic mass is 9.98. The zero-order valence-electron chi connectivity index (χ0n) is 11.2. The summed E-state index contributed by atoms with van der Waals surface area (Å²) in [5.41, 5.74) is 1.82. The van der Waals surface area contributed by atoms with Crippen LogP contribution in [0.4, 0.5) is 0 Å². The van der Waals surface area contributed by atoms with Crippen LogP contribution in [0, 0.1) is 5.92 Å². The molecule has 20 heavy (non-hydrogen) atoms. The van der Waals surface area contributed by atoms with Crippen LogP contribution < -0.4 is 0 Å². The van der Waals surface area contributed by atoms with Crippen molar-refractivity contribution in [1.29, 1.82) is 0 Å². The van der Waals surface area contributed by atoms with E-state index in [1.54, 1.807) is 12.1 Å². The van der Waals surface area contributed by atoms with E-state index in [2.05, 4.69) is 9.55 Å². The molecule has 1 aliphatic rings. The third-order valence-corrected chi connectivity index (χ3v) is 3.70. The SMILES string of the molecule is COC(=O)C1CCn2cc(-c3ccc(O)cc3)nc2C1. The highest BCUT2D eigenvalue weighted by molar-refractivity contribution is 5.72. The average molecular weight is 272 g/mol. The van der Waals surface area contributed by atoms with Gasteiger partial charge in [0.05, 0.1) is 18.7 Å². The maximum Gasteiger partial charge on any atom is 0.309 e. The highest BCUT2D eigenvalue weighted by Gasteiger charge is 2.27. The molecule has 2 heterocycles. The first-order chi connectivity index (χ1) is 9.67. The molecular formula is C15H16N2O3. The number of hydrogen-bond acceptors (Lipinski definition) is 4. The number of methoxy groups -OCH3 is 1. The molecule has 1 unspecified atom stereocenters. The summed E-state index contributed by atoms with van der Waals surface area (Å²) < 4.78 is 6.89. The Morgan fingerprint density at radius 3 is 2.85 bits per heavy atom. The molecule has 0 amide bonds. The zero-order valence-corrected chi connectivity index (χ0v) is 11.2. The van der Waals surface area contributed by atoms with Crippen LogP contribution in [0.25, 0.3) is 11.3 Å². The first kappa shape index (κ1) is 12.7. The van der Waals surface area contributed by atoms with Crippen molar-refractivity contribution in [2.75, 3.05) is 7.11 Å². The van der Waals surface area contributed by atoms with Crippen LogP contribution in [0.15, 0.2) is 30.5 Å². The molecule has 1 aromatic carbocycles. The Labute approximate surface area is 116 Å². The van der Waals surface area contributed by atoms with Gasteiger partial charge in [0.2, 0.25) is 0 Å². The number of phenolic OH excluding ortho intramolecular Hbond substituents is 1. The minimum Gasteiger partial charge on any atom is -0.508 e. The Hall–Kier alpha value is -2.30. The Kier molecular flexibility index (Phi) is 3.18. The van der Waals surface area contributed by atoms with E-state index in [1.807, 2.05) is 18.3 Å². The second-order valence-electron chi connectivity index (χ2n) is 5.00. The van der Waals surface area contributed by atoms with Gasteiger partial charge in [-0.3, -0.25) is 4.79 Å². The Balaban J connectivity index is 1.86. The van der Waals surface area contributed by atoms with E-state index in [9.17, 15) is 9.90 Å². The van der Waals surface area contributed by atoms with Crippen LogP contribution in [0.2, 0.25) is 0 Å². The summed E-state index contributed by atoms with van der Waals surface area (Å²) in [6.45, 7) is 0.778. The van der Waals surface area contributed by atoms with E-state index in [1.165, 1.54) is 7.11 Å². The summed E-state index contributed by atoms with van der Waals surface area (Å²) in [5, 5.41) is 9.31. The number of benzene rings is 1. The fraction of sp³-hybridized carbons (Fsp3) is 0.333. The number of esters is 1. The van der Waals surface area contributed by atoms with Gasteiger partial charge in [0.1, 0.15) is 11.6 Å². The Morgan fingerprint density at radius 1 is 1.40 bits per heavy atom. The second kappa shape index (κ2) is 5.00. The molecule has 3 rings (SSSR count). The molecule has 1 N–H and O–H groups in total. The maximum atomic E-state index is 11.6. The molecule has 0 saturated heterocycles. The molecule has 0 spiro atoms. The highest BCUT2D eigenvalue weighted by atomic mass is 16.5. The van der Waals surface area contributed by atoms with Gasteiger partial charge in [-0.2, -0.15) is 0 Å². The standard InChI is InChI=1S/C15H16N2O3/c1-20-15(19)11-6-7-17-9-13(16-14(17)8-11)10-2-4-12(18)5-3-10/h2-5,9,11,18H,6-8H2,1H3. The lowest BCUT2D eigenvalue weighted by Gasteiger charge is -2.20. The van der Waals surface area contributed by atoms with Gasteiger partial charge in [-0.05, 0) is 30.7 Å². The number of aryl methyl sites for hydroxylation is 1. The third kappa shape index (κ3) is 2.27. The normalized spacial score (nSPS) is 17.6. The molecule has 1 atom stereocenters. The lowest BCUT2D eigenvalue weighted by Crippen LogP contribution is -2.26. The van der Waals surface area contributed by atoms with Crippen molar-refractivity contribution in [2.24, 2.45) is 5.92 Å². The number of imidazole rings is 1. The average Bonchev–Trinajstić information content (AvgIpc) is 2.90. The van der Waals surface area contributed by atoms with E-state index >= 15 is 0 Å². The van der Waals surface area contributed by atoms with Crippen LogP contribution in [-0.4, -0.2) is 27.7 Å². The van der Waals surface area contributed by atoms with Crippen LogP contribution in [0.5, 0.6) is 5.75 Å². The third-order valence-electron chi connectivity index (χ3n) is 3.70. The van der Waals surface area contributed by atoms with Crippen LogP contribution >= 0.6 is 0 Å². The van der Waals surface area contributed by atoms with Crippen LogP contribution in [-0.2, 0) is 22.5 Å². The van der Waals surface area contributed by atoms with Crippen LogP contribution in [0.3, 0.4) is 0 Å². The molecule has 1 aromatic heterocycles. The van der Waals surface area contributed by atoms with Gasteiger partial charge in [0, 0.05) is 24.7 Å². The number of fused-ring (bicyclic) bond motifs is 1. The predicted molar refractivity (Wildman–Crippen MR) is 73.2 cm³/mol. The number of hydrogen-bond donors (Lipinski definition) is 1. The van der Waals surface area contributed by atoms with Gasteiger partial charge in [-0.15, -0.1) is 0 Å². The fourth-order valence-electron chi connectivity index (χ4n) is 2.57. The number of carbonyl (C=O) groups excluding carboxylic acids is 1. The molecule has 2 aromatic rings. The Bertz CT molecular complexity index is 631. The first-order valence-electron chi connectivity index (χ1n) is 6.60. The van der Waals surface area contributed by atoms with Crippen molar-refractivity contribution < 1.29 is 14.6 Å². The molecule has 0 bridgehead atoms. The van der Waals surface area contributed by atoms with Crippen molar-refractivity contribution in [3.05, 3.63) is 36.3 Å². The summed E-state index contributed by atoms with van der Waals surface area (Å²) in [7, 11) is 1.42. The van der Waals surface area contributed by atoms with Crippen molar-refractivity contribution in [2.45, 2.75) is 19.4 Å². The molecular weight excluding hydrogens is 256 g/mol. The molecule has 5 nitrogen and oxygen atoms in total. The minimum atomic E-state index is -0.162. The highest BCUT2D eigenvalue weighted by Crippen LogP contribution is 2.26. The largest absolute Gasteiger partial charge is 0.508 e. The smallest absolute Gasteiger partial charge is 0.309 e. The molecule has 1 aliphatic heterocycles. The van der Waals surface area contributed by atoms with Gasteiger partial charge in [0.25, 0.3) is 0 Å². The van der Waals surface area contributed by atoms with E-state index in [-0.39, 0.29) is 17.6 Å². The summed E-state index contributed by atoms with van der Waals surface area (Å²) >= 11 is 0. The summed E-state index contributed by atoms with van der Waals surface area (Å²) in [6, 6.07) is 6.96. The summed E-state index contributed by atoms with van der Waals surface area (Å²) in [5.74, 6) is 0.895. The van der Waals surface area contributed by atoms with Gasteiger partial charge in [-0.1, -0.05) is 0 Å². The molecule has 0 radical (unpaired) electrons. The monoisotopic (exact) mass is 272 g/mol. The van der Waals surface area contributed by atoms with Crippen molar-refractivity contribution in [3.8, 4) is 17.0 Å². The number of carbonyl (C=O) groups is 1. The Morgan fingerprint density at radius 2 is 2.15 bits per heavy atom. The van der Waals surface area contributed by atoms with Crippen molar-refractivity contribution in [1.82, 2.24) is 9.55 Å². The zero-order chi connectivity index (χ0) is 14.1.